The van der Waals surface area contributed by atoms with E-state index in [2.05, 4.69) is 27.7 Å². The fraction of sp³-hybridized carbons (Fsp3) is 0.963. The third-order valence-corrected chi connectivity index (χ3v) is 11.2. The molecule has 2 unspecified atom stereocenters. The summed E-state index contributed by atoms with van der Waals surface area (Å²) in [5.74, 6) is 3.41. The maximum absolute atomic E-state index is 11.8. The summed E-state index contributed by atoms with van der Waals surface area (Å²) in [7, 11) is 1.48. The Bertz CT molecular complexity index is 664. The van der Waals surface area contributed by atoms with Gasteiger partial charge in [-0.05, 0) is 104 Å². The van der Waals surface area contributed by atoms with Crippen molar-refractivity contribution in [3.8, 4) is 0 Å². The van der Waals surface area contributed by atoms with E-state index in [1.54, 1.807) is 0 Å². The van der Waals surface area contributed by atoms with Crippen molar-refractivity contribution in [2.45, 2.75) is 104 Å². The molecule has 0 aromatic heterocycles. The Morgan fingerprint density at radius 3 is 2.39 bits per heavy atom. The molecule has 4 rings (SSSR count). The van der Waals surface area contributed by atoms with E-state index in [-0.39, 0.29) is 29.0 Å². The summed E-state index contributed by atoms with van der Waals surface area (Å²) in [6.07, 6.45) is 9.87. The van der Waals surface area contributed by atoms with Crippen molar-refractivity contribution in [3.05, 3.63) is 0 Å². The van der Waals surface area contributed by atoms with E-state index in [4.69, 9.17) is 4.74 Å². The van der Waals surface area contributed by atoms with Crippen LogP contribution < -0.4 is 0 Å². The monoisotopic (exact) mass is 434 g/mol. The van der Waals surface area contributed by atoms with E-state index in [0.717, 1.165) is 32.1 Å². The predicted octanol–water partition coefficient (Wildman–Crippen LogP) is 5.20. The van der Waals surface area contributed by atoms with Crippen molar-refractivity contribution >= 4 is 5.97 Å². The number of esters is 1. The summed E-state index contributed by atoms with van der Waals surface area (Å²) in [6.45, 7) is 9.58. The first-order chi connectivity index (χ1) is 14.7. The number of carbonyl (C=O) groups is 1. The zero-order valence-corrected chi connectivity index (χ0v) is 20.5. The van der Waals surface area contributed by atoms with E-state index in [1.807, 2.05) is 0 Å². The lowest BCUT2D eigenvalue weighted by atomic mass is 9.41. The second-order valence-electron chi connectivity index (χ2n) is 12.2. The molecule has 178 valence electrons. The van der Waals surface area contributed by atoms with Gasteiger partial charge in [-0.25, -0.2) is 0 Å². The summed E-state index contributed by atoms with van der Waals surface area (Å²) in [6, 6.07) is 0. The van der Waals surface area contributed by atoms with Gasteiger partial charge in [0.15, 0.2) is 0 Å². The highest BCUT2D eigenvalue weighted by molar-refractivity contribution is 5.69. The number of aliphatic hydroxyl groups excluding tert-OH is 2. The lowest BCUT2D eigenvalue weighted by Gasteiger charge is -2.64. The molecular weight excluding hydrogens is 388 g/mol. The third-order valence-electron chi connectivity index (χ3n) is 11.2. The van der Waals surface area contributed by atoms with Gasteiger partial charge in [-0.2, -0.15) is 0 Å². The van der Waals surface area contributed by atoms with Crippen molar-refractivity contribution in [1.29, 1.82) is 0 Å². The van der Waals surface area contributed by atoms with Gasteiger partial charge in [-0.15, -0.1) is 0 Å². The molecule has 4 heteroatoms. The number of carbonyl (C=O) groups excluding carboxylic acids is 1. The molecule has 0 aromatic rings. The number of ether oxygens (including phenoxy) is 1. The minimum absolute atomic E-state index is 0.0952. The molecule has 4 aliphatic rings. The van der Waals surface area contributed by atoms with Gasteiger partial charge in [0, 0.05) is 6.42 Å². The highest BCUT2D eigenvalue weighted by Crippen LogP contribution is 2.69. The Morgan fingerprint density at radius 1 is 1.03 bits per heavy atom. The van der Waals surface area contributed by atoms with Crippen molar-refractivity contribution in [2.24, 2.45) is 52.3 Å². The molecule has 4 aliphatic carbocycles. The molecule has 0 radical (unpaired) electrons. The van der Waals surface area contributed by atoms with Crippen LogP contribution in [0.4, 0.5) is 0 Å². The van der Waals surface area contributed by atoms with Crippen molar-refractivity contribution in [3.63, 3.8) is 0 Å². The highest BCUT2D eigenvalue weighted by atomic mass is 16.5. The minimum atomic E-state index is -0.230. The fourth-order valence-electron chi connectivity index (χ4n) is 9.58. The zero-order chi connectivity index (χ0) is 22.6. The van der Waals surface area contributed by atoms with Crippen molar-refractivity contribution < 1.29 is 19.7 Å². The summed E-state index contributed by atoms with van der Waals surface area (Å²) < 4.78 is 4.88. The summed E-state index contributed by atoms with van der Waals surface area (Å²) in [5.41, 5.74) is 0.535. The maximum atomic E-state index is 11.8. The van der Waals surface area contributed by atoms with Crippen LogP contribution in [0.1, 0.15) is 91.9 Å². The van der Waals surface area contributed by atoms with Gasteiger partial charge in [0.1, 0.15) is 0 Å². The maximum Gasteiger partial charge on any atom is 0.305 e. The first kappa shape index (κ1) is 23.5. The average molecular weight is 435 g/mol. The van der Waals surface area contributed by atoms with Gasteiger partial charge in [0.25, 0.3) is 0 Å². The van der Waals surface area contributed by atoms with Crippen LogP contribution in [0.5, 0.6) is 0 Å². The van der Waals surface area contributed by atoms with Gasteiger partial charge >= 0.3 is 5.97 Å². The molecule has 4 saturated carbocycles. The second kappa shape index (κ2) is 8.63. The Labute approximate surface area is 189 Å². The lowest BCUT2D eigenvalue weighted by molar-refractivity contribution is -0.203. The van der Waals surface area contributed by atoms with E-state index in [0.29, 0.717) is 47.8 Å². The molecule has 0 heterocycles. The van der Waals surface area contributed by atoms with Crippen LogP contribution in [0.15, 0.2) is 0 Å². The molecule has 31 heavy (non-hydrogen) atoms. The third kappa shape index (κ3) is 3.68. The van der Waals surface area contributed by atoms with Gasteiger partial charge in [0.05, 0.1) is 19.3 Å². The van der Waals surface area contributed by atoms with Crippen LogP contribution in [-0.4, -0.2) is 35.5 Å². The van der Waals surface area contributed by atoms with Gasteiger partial charge in [-0.3, -0.25) is 4.79 Å². The number of aliphatic hydroxyl groups is 2. The molecule has 0 amide bonds. The molecule has 11 atom stereocenters. The second-order valence-corrected chi connectivity index (χ2v) is 12.2. The van der Waals surface area contributed by atoms with Gasteiger partial charge in [-0.1, -0.05) is 34.1 Å². The van der Waals surface area contributed by atoms with Gasteiger partial charge < -0.3 is 14.9 Å². The molecule has 0 spiro atoms. The van der Waals surface area contributed by atoms with E-state index < -0.39 is 0 Å². The highest BCUT2D eigenvalue weighted by Gasteiger charge is 2.64. The molecule has 4 nitrogen and oxygen atoms in total. The molecule has 4 fully saturated rings. The molecule has 0 bridgehead atoms. The first-order valence-electron chi connectivity index (χ1n) is 13.1. The molecule has 0 saturated heterocycles. The predicted molar refractivity (Wildman–Crippen MR) is 122 cm³/mol. The fourth-order valence-corrected chi connectivity index (χ4v) is 9.58. The standard InChI is InChI=1S/C27H46O4/c1-6-18-22-15-17(28)11-13-27(22,4)21-12-14-26(3)19(16(2)7-10-23(29)31-5)8-9-20(26)24(21)25(18)30/h16-22,24-25,28,30H,6-15H2,1-5H3/t16-,17-,18-,19-,20+,21?,22+,24?,25-,26-,27-/m1/s1. The summed E-state index contributed by atoms with van der Waals surface area (Å²) >= 11 is 0. The molecule has 2 N–H and O–H groups in total. The van der Waals surface area contributed by atoms with Crippen LogP contribution in [0.25, 0.3) is 0 Å². The summed E-state index contributed by atoms with van der Waals surface area (Å²) in [4.78, 5) is 11.7. The first-order valence-corrected chi connectivity index (χ1v) is 13.1. The Balaban J connectivity index is 1.58. The van der Waals surface area contributed by atoms with E-state index in [1.165, 1.54) is 32.8 Å². The quantitative estimate of drug-likeness (QED) is 0.584. The topological polar surface area (TPSA) is 66.8 Å². The normalized spacial score (nSPS) is 50.2. The van der Waals surface area contributed by atoms with Crippen molar-refractivity contribution in [2.75, 3.05) is 7.11 Å². The zero-order valence-electron chi connectivity index (χ0n) is 20.5. The Morgan fingerprint density at radius 2 is 1.71 bits per heavy atom. The number of methoxy groups -OCH3 is 1. The van der Waals surface area contributed by atoms with Crippen LogP contribution in [0, 0.1) is 52.3 Å². The van der Waals surface area contributed by atoms with Crippen LogP contribution in [0.2, 0.25) is 0 Å². The van der Waals surface area contributed by atoms with Crippen LogP contribution in [-0.2, 0) is 9.53 Å². The van der Waals surface area contributed by atoms with Gasteiger partial charge in [0.2, 0.25) is 0 Å². The molecule has 0 aliphatic heterocycles. The van der Waals surface area contributed by atoms with Crippen LogP contribution >= 0.6 is 0 Å². The average Bonchev–Trinajstić information content (AvgIpc) is 3.10. The summed E-state index contributed by atoms with van der Waals surface area (Å²) in [5, 5.41) is 22.2. The molecular formula is C27H46O4. The number of hydrogen-bond donors (Lipinski definition) is 2. The number of rotatable bonds is 5. The smallest absolute Gasteiger partial charge is 0.305 e. The number of fused-ring (bicyclic) bond motifs is 5. The minimum Gasteiger partial charge on any atom is -0.469 e. The van der Waals surface area contributed by atoms with E-state index >= 15 is 0 Å². The SMILES string of the molecule is CC[C@H]1[C@@H](O)C2C(CC[C@]3(C)[C@@H]([C@H](C)CCC(=O)OC)CC[C@@H]23)[C@@]2(C)CC[C@@H](O)C[C@@H]12. The molecule has 0 aromatic carbocycles. The Kier molecular flexibility index (Phi) is 6.55. The van der Waals surface area contributed by atoms with Crippen LogP contribution in [0.3, 0.4) is 0 Å². The largest absolute Gasteiger partial charge is 0.469 e. The number of hydrogen-bond acceptors (Lipinski definition) is 4. The lowest BCUT2D eigenvalue weighted by Crippen LogP contribution is -2.62. The Hall–Kier alpha value is -0.610. The van der Waals surface area contributed by atoms with Crippen molar-refractivity contribution in [1.82, 2.24) is 0 Å². The van der Waals surface area contributed by atoms with E-state index in [9.17, 15) is 15.0 Å².